The lowest BCUT2D eigenvalue weighted by molar-refractivity contribution is -0.0602. The summed E-state index contributed by atoms with van der Waals surface area (Å²) in [7, 11) is -3.92. The van der Waals surface area contributed by atoms with Gasteiger partial charge in [-0.2, -0.15) is 13.2 Å². The SMILES string of the molecule is CC1(C)ON=C(C(F)(F)F)C1S(C)(=O)=O. The quantitative estimate of drug-likeness (QED) is 0.695. The summed E-state index contributed by atoms with van der Waals surface area (Å²) in [6, 6.07) is 0. The molecular formula is C7H10F3NO3S. The van der Waals surface area contributed by atoms with E-state index >= 15 is 0 Å². The van der Waals surface area contributed by atoms with E-state index in [1.807, 2.05) is 0 Å². The van der Waals surface area contributed by atoms with Crippen LogP contribution in [0.5, 0.6) is 0 Å². The van der Waals surface area contributed by atoms with Gasteiger partial charge in [0, 0.05) is 6.26 Å². The van der Waals surface area contributed by atoms with Crippen LogP contribution < -0.4 is 0 Å². The van der Waals surface area contributed by atoms with Crippen LogP contribution in [0.2, 0.25) is 0 Å². The fourth-order valence-corrected chi connectivity index (χ4v) is 3.17. The Labute approximate surface area is 85.0 Å². The van der Waals surface area contributed by atoms with Crippen LogP contribution in [0.4, 0.5) is 13.2 Å². The first-order valence-corrected chi connectivity index (χ1v) is 5.94. The Morgan fingerprint density at radius 1 is 1.40 bits per heavy atom. The number of hydrogen-bond acceptors (Lipinski definition) is 4. The minimum atomic E-state index is -4.79. The Morgan fingerprint density at radius 2 is 1.87 bits per heavy atom. The molecule has 0 aromatic carbocycles. The number of sulfone groups is 1. The predicted octanol–water partition coefficient (Wildman–Crippen LogP) is 1.13. The van der Waals surface area contributed by atoms with Gasteiger partial charge >= 0.3 is 6.18 Å². The molecule has 0 radical (unpaired) electrons. The molecular weight excluding hydrogens is 235 g/mol. The monoisotopic (exact) mass is 245 g/mol. The number of rotatable bonds is 1. The molecule has 1 aliphatic rings. The molecule has 0 aromatic rings. The van der Waals surface area contributed by atoms with E-state index in [9.17, 15) is 21.6 Å². The van der Waals surface area contributed by atoms with Crippen molar-refractivity contribution >= 4 is 15.5 Å². The summed E-state index contributed by atoms with van der Waals surface area (Å²) >= 11 is 0. The highest BCUT2D eigenvalue weighted by molar-refractivity contribution is 7.92. The Hall–Kier alpha value is -0.790. The van der Waals surface area contributed by atoms with E-state index in [1.165, 1.54) is 13.8 Å². The van der Waals surface area contributed by atoms with Gasteiger partial charge in [-0.3, -0.25) is 0 Å². The molecule has 0 saturated carbocycles. The number of alkyl halides is 3. The van der Waals surface area contributed by atoms with E-state index in [4.69, 9.17) is 0 Å². The van der Waals surface area contributed by atoms with Crippen LogP contribution in [0.25, 0.3) is 0 Å². The predicted molar refractivity (Wildman–Crippen MR) is 47.3 cm³/mol. The third-order valence-electron chi connectivity index (χ3n) is 1.98. The van der Waals surface area contributed by atoms with Crippen molar-refractivity contribution < 1.29 is 26.4 Å². The minimum Gasteiger partial charge on any atom is -0.388 e. The molecule has 0 aromatic heterocycles. The van der Waals surface area contributed by atoms with Crippen LogP contribution in [0.1, 0.15) is 13.8 Å². The summed E-state index contributed by atoms with van der Waals surface area (Å²) in [5.41, 5.74) is -2.88. The lowest BCUT2D eigenvalue weighted by Gasteiger charge is -2.23. The Bertz CT molecular complexity index is 396. The minimum absolute atomic E-state index is 0.732. The normalized spacial score (nSPS) is 26.0. The van der Waals surface area contributed by atoms with Gasteiger partial charge in [0.1, 0.15) is 0 Å². The van der Waals surface area contributed by atoms with Crippen molar-refractivity contribution in [3.63, 3.8) is 0 Å². The fraction of sp³-hybridized carbons (Fsp3) is 0.857. The fourth-order valence-electron chi connectivity index (χ4n) is 1.51. The van der Waals surface area contributed by atoms with Crippen LogP contribution in [-0.4, -0.2) is 37.4 Å². The van der Waals surface area contributed by atoms with E-state index in [2.05, 4.69) is 9.99 Å². The van der Waals surface area contributed by atoms with Gasteiger partial charge in [0.25, 0.3) is 0 Å². The van der Waals surface area contributed by atoms with Gasteiger partial charge in [-0.25, -0.2) is 8.42 Å². The lowest BCUT2D eigenvalue weighted by Crippen LogP contribution is -2.48. The highest BCUT2D eigenvalue weighted by atomic mass is 32.2. The van der Waals surface area contributed by atoms with Gasteiger partial charge in [-0.05, 0) is 13.8 Å². The van der Waals surface area contributed by atoms with Crippen molar-refractivity contribution in [2.75, 3.05) is 6.26 Å². The van der Waals surface area contributed by atoms with Crippen LogP contribution in [0.15, 0.2) is 5.16 Å². The van der Waals surface area contributed by atoms with Gasteiger partial charge in [0.05, 0.1) is 0 Å². The number of halogens is 3. The van der Waals surface area contributed by atoms with Gasteiger partial charge in [0.15, 0.2) is 26.4 Å². The first-order chi connectivity index (χ1) is 6.46. The molecule has 0 bridgehead atoms. The number of nitrogens with zero attached hydrogens (tertiary/aromatic N) is 1. The van der Waals surface area contributed by atoms with Crippen molar-refractivity contribution in [2.45, 2.75) is 30.9 Å². The summed E-state index contributed by atoms with van der Waals surface area (Å²) in [4.78, 5) is 4.51. The van der Waals surface area contributed by atoms with Crippen molar-refractivity contribution in [3.05, 3.63) is 0 Å². The molecule has 0 N–H and O–H groups in total. The number of oxime groups is 1. The highest BCUT2D eigenvalue weighted by Gasteiger charge is 2.57. The van der Waals surface area contributed by atoms with E-state index in [0.29, 0.717) is 0 Å². The van der Waals surface area contributed by atoms with Crippen LogP contribution >= 0.6 is 0 Å². The smallest absolute Gasteiger partial charge is 0.388 e. The molecule has 0 fully saturated rings. The average Bonchev–Trinajstić information content (AvgIpc) is 2.21. The zero-order valence-electron chi connectivity index (χ0n) is 8.29. The molecule has 0 amide bonds. The molecule has 1 heterocycles. The van der Waals surface area contributed by atoms with E-state index in [1.54, 1.807) is 0 Å². The Morgan fingerprint density at radius 3 is 2.13 bits per heavy atom. The van der Waals surface area contributed by atoms with Gasteiger partial charge in [-0.15, -0.1) is 0 Å². The van der Waals surface area contributed by atoms with Crippen molar-refractivity contribution in [3.8, 4) is 0 Å². The molecule has 4 nitrogen and oxygen atoms in total. The van der Waals surface area contributed by atoms with E-state index in [-0.39, 0.29) is 0 Å². The first-order valence-electron chi connectivity index (χ1n) is 3.98. The molecule has 15 heavy (non-hydrogen) atoms. The van der Waals surface area contributed by atoms with E-state index < -0.39 is 32.6 Å². The van der Waals surface area contributed by atoms with Crippen LogP contribution in [0, 0.1) is 0 Å². The molecule has 8 heteroatoms. The van der Waals surface area contributed by atoms with Gasteiger partial charge < -0.3 is 4.84 Å². The molecule has 0 saturated heterocycles. The Balaban J connectivity index is 3.24. The van der Waals surface area contributed by atoms with Crippen molar-refractivity contribution in [1.82, 2.24) is 0 Å². The summed E-state index contributed by atoms with van der Waals surface area (Å²) in [6.07, 6.45) is -4.06. The molecule has 1 aliphatic heterocycles. The molecule has 1 atom stereocenters. The maximum absolute atomic E-state index is 12.4. The second kappa shape index (κ2) is 3.10. The van der Waals surface area contributed by atoms with E-state index in [0.717, 1.165) is 6.26 Å². The van der Waals surface area contributed by atoms with Crippen LogP contribution in [-0.2, 0) is 14.7 Å². The van der Waals surface area contributed by atoms with Crippen molar-refractivity contribution in [2.24, 2.45) is 5.16 Å². The second-order valence-corrected chi connectivity index (χ2v) is 6.01. The average molecular weight is 245 g/mol. The third-order valence-corrected chi connectivity index (χ3v) is 3.62. The summed E-state index contributed by atoms with van der Waals surface area (Å²) in [5, 5.41) is 1.05. The van der Waals surface area contributed by atoms with Crippen molar-refractivity contribution in [1.29, 1.82) is 0 Å². The highest BCUT2D eigenvalue weighted by Crippen LogP contribution is 2.35. The lowest BCUT2D eigenvalue weighted by atomic mass is 10.0. The molecule has 88 valence electrons. The number of hydrogen-bond donors (Lipinski definition) is 0. The molecule has 1 rings (SSSR count). The molecule has 0 aliphatic carbocycles. The first kappa shape index (κ1) is 12.3. The second-order valence-electron chi connectivity index (χ2n) is 3.88. The summed E-state index contributed by atoms with van der Waals surface area (Å²) in [6.45, 7) is 2.50. The maximum Gasteiger partial charge on any atom is 0.434 e. The summed E-state index contributed by atoms with van der Waals surface area (Å²) < 4.78 is 59.7. The standard InChI is InChI=1S/C7H10F3NO3S/c1-6(2)5(15(3,12)13)4(11-14-6)7(8,9)10/h5H,1-3H3. The third kappa shape index (κ3) is 2.24. The molecule has 1 unspecified atom stereocenters. The topological polar surface area (TPSA) is 55.7 Å². The Kier molecular flexibility index (Phi) is 2.54. The largest absolute Gasteiger partial charge is 0.434 e. The van der Waals surface area contributed by atoms with Gasteiger partial charge in [-0.1, -0.05) is 5.16 Å². The summed E-state index contributed by atoms with van der Waals surface area (Å²) in [5.74, 6) is 0. The zero-order valence-corrected chi connectivity index (χ0v) is 9.11. The molecule has 0 spiro atoms. The van der Waals surface area contributed by atoms with Gasteiger partial charge in [0.2, 0.25) is 0 Å². The maximum atomic E-state index is 12.4. The zero-order chi connectivity index (χ0) is 12.1. The van der Waals surface area contributed by atoms with Crippen LogP contribution in [0.3, 0.4) is 0 Å².